The van der Waals surface area contributed by atoms with Crippen molar-refractivity contribution in [3.63, 3.8) is 0 Å². The Kier molecular flexibility index (Phi) is 7.45. The highest BCUT2D eigenvalue weighted by molar-refractivity contribution is 5.29. The van der Waals surface area contributed by atoms with Gasteiger partial charge in [0.15, 0.2) is 0 Å². The van der Waals surface area contributed by atoms with Gasteiger partial charge in [-0.1, -0.05) is 13.8 Å². The molecule has 1 N–H and O–H groups in total. The zero-order valence-electron chi connectivity index (χ0n) is 12.5. The Balaban J connectivity index is 2.66. The molecule has 108 valence electrons. The van der Waals surface area contributed by atoms with Crippen LogP contribution in [0.2, 0.25) is 0 Å². The van der Waals surface area contributed by atoms with Gasteiger partial charge < -0.3 is 14.8 Å². The van der Waals surface area contributed by atoms with Crippen LogP contribution in [0.1, 0.15) is 31.7 Å². The lowest BCUT2D eigenvalue weighted by molar-refractivity contribution is 0.0798. The van der Waals surface area contributed by atoms with Crippen molar-refractivity contribution in [3.8, 4) is 5.75 Å². The molecule has 0 aromatic carbocycles. The summed E-state index contributed by atoms with van der Waals surface area (Å²) in [6.45, 7) is 8.61. The van der Waals surface area contributed by atoms with E-state index in [0.29, 0.717) is 6.61 Å². The Morgan fingerprint density at radius 1 is 1.32 bits per heavy atom. The summed E-state index contributed by atoms with van der Waals surface area (Å²) in [4.78, 5) is 4.52. The van der Waals surface area contributed by atoms with E-state index >= 15 is 0 Å². The highest BCUT2D eigenvalue weighted by atomic mass is 16.5. The fourth-order valence-corrected chi connectivity index (χ4v) is 1.90. The Labute approximate surface area is 116 Å². The van der Waals surface area contributed by atoms with Crippen LogP contribution in [0, 0.1) is 6.92 Å². The first kappa shape index (κ1) is 15.9. The molecule has 4 nitrogen and oxygen atoms in total. The van der Waals surface area contributed by atoms with Gasteiger partial charge in [-0.2, -0.15) is 0 Å². The fourth-order valence-electron chi connectivity index (χ4n) is 1.90. The van der Waals surface area contributed by atoms with E-state index in [9.17, 15) is 0 Å². The van der Waals surface area contributed by atoms with Crippen LogP contribution in [0.5, 0.6) is 5.75 Å². The number of nitrogens with zero attached hydrogens (tertiary/aromatic N) is 1. The minimum atomic E-state index is 0.0198. The van der Waals surface area contributed by atoms with Crippen LogP contribution in [0.25, 0.3) is 0 Å². The van der Waals surface area contributed by atoms with Crippen LogP contribution in [0.15, 0.2) is 12.1 Å². The second-order valence-corrected chi connectivity index (χ2v) is 4.65. The summed E-state index contributed by atoms with van der Waals surface area (Å²) >= 11 is 0. The first-order valence-electron chi connectivity index (χ1n) is 7.04. The van der Waals surface area contributed by atoms with Crippen molar-refractivity contribution in [1.82, 2.24) is 10.3 Å². The summed E-state index contributed by atoms with van der Waals surface area (Å²) in [6.07, 6.45) is 2.01. The van der Waals surface area contributed by atoms with E-state index in [2.05, 4.69) is 24.1 Å². The van der Waals surface area contributed by atoms with Gasteiger partial charge in [-0.05, 0) is 38.4 Å². The van der Waals surface area contributed by atoms with Crippen LogP contribution in [-0.4, -0.2) is 37.9 Å². The summed E-state index contributed by atoms with van der Waals surface area (Å²) in [7, 11) is 1.70. The van der Waals surface area contributed by atoms with Crippen molar-refractivity contribution < 1.29 is 9.47 Å². The van der Waals surface area contributed by atoms with Gasteiger partial charge >= 0.3 is 0 Å². The van der Waals surface area contributed by atoms with Crippen LogP contribution >= 0.6 is 0 Å². The first-order chi connectivity index (χ1) is 9.21. The van der Waals surface area contributed by atoms with Crippen molar-refractivity contribution in [3.05, 3.63) is 23.5 Å². The third-order valence-corrected chi connectivity index (χ3v) is 2.85. The molecule has 1 aromatic rings. The van der Waals surface area contributed by atoms with Crippen molar-refractivity contribution >= 4 is 0 Å². The van der Waals surface area contributed by atoms with Crippen molar-refractivity contribution in [2.45, 2.75) is 39.7 Å². The molecule has 0 bridgehead atoms. The normalized spacial score (nSPS) is 12.4. The van der Waals surface area contributed by atoms with Gasteiger partial charge in [0.2, 0.25) is 0 Å². The number of methoxy groups -OCH3 is 1. The molecule has 1 rings (SSSR count). The lowest BCUT2D eigenvalue weighted by Gasteiger charge is -2.20. The maximum absolute atomic E-state index is 6.03. The third kappa shape index (κ3) is 5.57. The Morgan fingerprint density at radius 3 is 2.74 bits per heavy atom. The number of aryl methyl sites for hydroxylation is 2. The lowest BCUT2D eigenvalue weighted by Crippen LogP contribution is -2.35. The number of rotatable bonds is 9. The summed E-state index contributed by atoms with van der Waals surface area (Å²) in [6, 6.07) is 3.99. The van der Waals surface area contributed by atoms with Crippen molar-refractivity contribution in [2.24, 2.45) is 0 Å². The number of hydrogen-bond donors (Lipinski definition) is 1. The highest BCUT2D eigenvalue weighted by Crippen LogP contribution is 2.19. The van der Waals surface area contributed by atoms with E-state index in [1.54, 1.807) is 7.11 Å². The fraction of sp³-hybridized carbons (Fsp3) is 0.667. The molecule has 1 heterocycles. The summed E-state index contributed by atoms with van der Waals surface area (Å²) in [5.74, 6) is 0.869. The minimum absolute atomic E-state index is 0.0198. The predicted molar refractivity (Wildman–Crippen MR) is 77.8 cm³/mol. The van der Waals surface area contributed by atoms with Crippen LogP contribution < -0.4 is 10.1 Å². The zero-order valence-corrected chi connectivity index (χ0v) is 12.5. The highest BCUT2D eigenvalue weighted by Gasteiger charge is 2.13. The Bertz CT molecular complexity index is 369. The van der Waals surface area contributed by atoms with E-state index in [0.717, 1.165) is 43.1 Å². The number of hydrogen-bond acceptors (Lipinski definition) is 4. The van der Waals surface area contributed by atoms with Crippen LogP contribution in [-0.2, 0) is 11.2 Å². The van der Waals surface area contributed by atoms with Gasteiger partial charge in [-0.3, -0.25) is 4.98 Å². The second-order valence-electron chi connectivity index (χ2n) is 4.65. The number of pyridine rings is 1. The van der Waals surface area contributed by atoms with Crippen LogP contribution in [0.3, 0.4) is 0 Å². The predicted octanol–water partition coefficient (Wildman–Crippen LogP) is 2.35. The molecule has 0 aliphatic rings. The summed E-state index contributed by atoms with van der Waals surface area (Å²) in [5, 5.41) is 3.36. The van der Waals surface area contributed by atoms with Gasteiger partial charge in [-0.25, -0.2) is 0 Å². The average molecular weight is 266 g/mol. The topological polar surface area (TPSA) is 43.4 Å². The molecule has 0 aliphatic carbocycles. The van der Waals surface area contributed by atoms with Crippen molar-refractivity contribution in [1.29, 1.82) is 0 Å². The molecule has 0 spiro atoms. The third-order valence-electron chi connectivity index (χ3n) is 2.85. The number of ether oxygens (including phenoxy) is 2. The van der Waals surface area contributed by atoms with Gasteiger partial charge in [-0.15, -0.1) is 0 Å². The first-order valence-corrected chi connectivity index (χ1v) is 7.04. The van der Waals surface area contributed by atoms with E-state index in [4.69, 9.17) is 9.47 Å². The molecule has 0 saturated heterocycles. The van der Waals surface area contributed by atoms with E-state index in [1.165, 1.54) is 0 Å². The van der Waals surface area contributed by atoms with Crippen molar-refractivity contribution in [2.75, 3.05) is 26.8 Å². The summed E-state index contributed by atoms with van der Waals surface area (Å²) < 4.78 is 11.2. The molecule has 1 unspecified atom stereocenters. The molecule has 19 heavy (non-hydrogen) atoms. The maximum atomic E-state index is 6.03. The Hall–Kier alpha value is -1.13. The standard InChI is InChI=1S/C15H26N2O2/c1-5-9-16-10-13(11-18-4)19-15-8-7-12(3)17-14(15)6-2/h7-8,13,16H,5-6,9-11H2,1-4H3. The van der Waals surface area contributed by atoms with Gasteiger partial charge in [0.05, 0.1) is 12.3 Å². The van der Waals surface area contributed by atoms with Crippen LogP contribution in [0.4, 0.5) is 0 Å². The molecule has 4 heteroatoms. The largest absolute Gasteiger partial charge is 0.485 e. The monoisotopic (exact) mass is 266 g/mol. The molecular formula is C15H26N2O2. The molecule has 0 radical (unpaired) electrons. The zero-order chi connectivity index (χ0) is 14.1. The summed E-state index contributed by atoms with van der Waals surface area (Å²) in [5.41, 5.74) is 2.04. The molecule has 1 atom stereocenters. The molecule has 0 fully saturated rings. The molecular weight excluding hydrogens is 240 g/mol. The van der Waals surface area contributed by atoms with Gasteiger partial charge in [0.25, 0.3) is 0 Å². The number of nitrogens with one attached hydrogen (secondary N) is 1. The second kappa shape index (κ2) is 8.88. The Morgan fingerprint density at radius 2 is 2.11 bits per heavy atom. The molecule has 0 saturated carbocycles. The van der Waals surface area contributed by atoms with E-state index in [-0.39, 0.29) is 6.10 Å². The van der Waals surface area contributed by atoms with Gasteiger partial charge in [0, 0.05) is 19.3 Å². The van der Waals surface area contributed by atoms with E-state index < -0.39 is 0 Å². The molecule has 1 aromatic heterocycles. The smallest absolute Gasteiger partial charge is 0.141 e. The lowest BCUT2D eigenvalue weighted by atomic mass is 10.2. The molecule has 0 amide bonds. The quantitative estimate of drug-likeness (QED) is 0.697. The maximum Gasteiger partial charge on any atom is 0.141 e. The SMILES string of the molecule is CCCNCC(COC)Oc1ccc(C)nc1CC. The molecule has 0 aliphatic heterocycles. The van der Waals surface area contributed by atoms with E-state index in [1.807, 2.05) is 19.1 Å². The average Bonchev–Trinajstić information content (AvgIpc) is 2.41. The minimum Gasteiger partial charge on any atom is -0.485 e. The number of aromatic nitrogens is 1. The van der Waals surface area contributed by atoms with Gasteiger partial charge in [0.1, 0.15) is 11.9 Å².